The summed E-state index contributed by atoms with van der Waals surface area (Å²) in [7, 11) is 0. The predicted octanol–water partition coefficient (Wildman–Crippen LogP) is 1.69. The lowest BCUT2D eigenvalue weighted by Gasteiger charge is -2.29. The van der Waals surface area contributed by atoms with Gasteiger partial charge in [-0.05, 0) is 31.1 Å². The molecule has 1 heterocycles. The number of aliphatic hydroxyl groups is 1. The van der Waals surface area contributed by atoms with Crippen molar-refractivity contribution in [3.8, 4) is 0 Å². The highest BCUT2D eigenvalue weighted by Gasteiger charge is 2.38. The second kappa shape index (κ2) is 6.99. The Morgan fingerprint density at radius 2 is 1.82 bits per heavy atom. The maximum atomic E-state index is 12.6. The molecule has 2 unspecified atom stereocenters. The Labute approximate surface area is 133 Å². The fraction of sp³-hybridized carbons (Fsp3) is 0.882. The molecule has 0 aromatic carbocycles. The number of nitrogens with one attached hydrogen (secondary N) is 1. The third kappa shape index (κ3) is 4.00. The van der Waals surface area contributed by atoms with Crippen LogP contribution in [0.3, 0.4) is 0 Å². The average molecular weight is 310 g/mol. The van der Waals surface area contributed by atoms with E-state index in [4.69, 9.17) is 0 Å². The summed E-state index contributed by atoms with van der Waals surface area (Å²) in [5, 5.41) is 12.9. The Morgan fingerprint density at radius 3 is 2.41 bits per heavy atom. The Balaban J connectivity index is 1.89. The molecule has 2 fully saturated rings. The molecule has 126 valence electrons. The van der Waals surface area contributed by atoms with Gasteiger partial charge < -0.3 is 15.3 Å². The zero-order valence-electron chi connectivity index (χ0n) is 14.1. The van der Waals surface area contributed by atoms with Crippen molar-refractivity contribution in [2.75, 3.05) is 13.1 Å². The van der Waals surface area contributed by atoms with Crippen LogP contribution < -0.4 is 5.32 Å². The van der Waals surface area contributed by atoms with Gasteiger partial charge in [-0.15, -0.1) is 0 Å². The first-order valence-corrected chi connectivity index (χ1v) is 8.57. The van der Waals surface area contributed by atoms with E-state index in [2.05, 4.69) is 5.32 Å². The highest BCUT2D eigenvalue weighted by Crippen LogP contribution is 2.29. The van der Waals surface area contributed by atoms with Crippen molar-refractivity contribution in [2.45, 2.75) is 71.4 Å². The van der Waals surface area contributed by atoms with E-state index >= 15 is 0 Å². The van der Waals surface area contributed by atoms with Crippen molar-refractivity contribution in [3.63, 3.8) is 0 Å². The Kier molecular flexibility index (Phi) is 5.48. The van der Waals surface area contributed by atoms with Crippen molar-refractivity contribution in [2.24, 2.45) is 11.3 Å². The fourth-order valence-electron chi connectivity index (χ4n) is 3.33. The molecule has 2 N–H and O–H groups in total. The minimum Gasteiger partial charge on any atom is -0.391 e. The molecule has 5 heteroatoms. The summed E-state index contributed by atoms with van der Waals surface area (Å²) < 4.78 is 0. The van der Waals surface area contributed by atoms with E-state index < -0.39 is 6.10 Å². The van der Waals surface area contributed by atoms with Gasteiger partial charge >= 0.3 is 0 Å². The maximum absolute atomic E-state index is 12.6. The number of hydrogen-bond donors (Lipinski definition) is 2. The van der Waals surface area contributed by atoms with E-state index in [-0.39, 0.29) is 35.7 Å². The smallest absolute Gasteiger partial charge is 0.242 e. The van der Waals surface area contributed by atoms with Crippen LogP contribution in [0.15, 0.2) is 0 Å². The molecule has 1 aliphatic carbocycles. The lowest BCUT2D eigenvalue weighted by atomic mass is 9.89. The molecular weight excluding hydrogens is 280 g/mol. The topological polar surface area (TPSA) is 69.6 Å². The first kappa shape index (κ1) is 17.3. The third-order valence-electron chi connectivity index (χ3n) is 5.01. The number of amides is 2. The summed E-state index contributed by atoms with van der Waals surface area (Å²) in [6, 6.07) is -0.347. The average Bonchev–Trinajstić information content (AvgIpc) is 3.12. The fourth-order valence-corrected chi connectivity index (χ4v) is 3.33. The largest absolute Gasteiger partial charge is 0.391 e. The lowest BCUT2D eigenvalue weighted by molar-refractivity contribution is -0.141. The van der Waals surface area contributed by atoms with Gasteiger partial charge in [0.05, 0.1) is 6.10 Å². The van der Waals surface area contributed by atoms with Crippen LogP contribution >= 0.6 is 0 Å². The van der Waals surface area contributed by atoms with Gasteiger partial charge in [-0.1, -0.05) is 33.6 Å². The van der Waals surface area contributed by atoms with E-state index in [1.54, 1.807) is 4.90 Å². The molecule has 0 bridgehead atoms. The number of carbonyl (C=O) groups is 2. The zero-order valence-corrected chi connectivity index (χ0v) is 14.1. The molecule has 2 amide bonds. The monoisotopic (exact) mass is 310 g/mol. The van der Waals surface area contributed by atoms with Crippen molar-refractivity contribution < 1.29 is 14.7 Å². The van der Waals surface area contributed by atoms with Crippen LogP contribution in [0.1, 0.15) is 59.3 Å². The van der Waals surface area contributed by atoms with E-state index in [9.17, 15) is 14.7 Å². The second-order valence-electron chi connectivity index (χ2n) is 7.80. The zero-order chi connectivity index (χ0) is 16.3. The molecule has 0 spiro atoms. The van der Waals surface area contributed by atoms with Gasteiger partial charge in [0.2, 0.25) is 11.8 Å². The second-order valence-corrected chi connectivity index (χ2v) is 7.80. The third-order valence-corrected chi connectivity index (χ3v) is 5.01. The van der Waals surface area contributed by atoms with Crippen LogP contribution in [0.2, 0.25) is 0 Å². The number of rotatable bonds is 4. The van der Waals surface area contributed by atoms with Crippen LogP contribution in [0, 0.1) is 11.3 Å². The Morgan fingerprint density at radius 1 is 1.18 bits per heavy atom. The number of nitrogens with zero attached hydrogens (tertiary/aromatic N) is 1. The first-order valence-electron chi connectivity index (χ1n) is 8.57. The van der Waals surface area contributed by atoms with Crippen molar-refractivity contribution in [1.82, 2.24) is 10.2 Å². The number of hydrogen-bond acceptors (Lipinski definition) is 3. The summed E-state index contributed by atoms with van der Waals surface area (Å²) in [4.78, 5) is 26.7. The van der Waals surface area contributed by atoms with E-state index in [1.165, 1.54) is 0 Å². The van der Waals surface area contributed by atoms with Crippen molar-refractivity contribution >= 4 is 11.8 Å². The van der Waals surface area contributed by atoms with Gasteiger partial charge in [0.1, 0.15) is 6.04 Å². The molecule has 0 aromatic heterocycles. The van der Waals surface area contributed by atoms with Gasteiger partial charge in [0.15, 0.2) is 0 Å². The SMILES string of the molecule is CC(C)(C)C(O)CNC(=O)C1CCCN1C(=O)C1CCCC1. The summed E-state index contributed by atoms with van der Waals surface area (Å²) in [6.45, 7) is 6.75. The van der Waals surface area contributed by atoms with Crippen LogP contribution in [-0.2, 0) is 9.59 Å². The van der Waals surface area contributed by atoms with Gasteiger partial charge in [-0.2, -0.15) is 0 Å². The van der Waals surface area contributed by atoms with Gasteiger partial charge in [-0.3, -0.25) is 9.59 Å². The molecule has 0 radical (unpaired) electrons. The van der Waals surface area contributed by atoms with Gasteiger partial charge in [-0.25, -0.2) is 0 Å². The molecule has 22 heavy (non-hydrogen) atoms. The first-order chi connectivity index (χ1) is 10.3. The standard InChI is InChI=1S/C17H30N2O3/c1-17(2,3)14(20)11-18-15(21)13-9-6-10-19(13)16(22)12-7-4-5-8-12/h12-14,20H,4-11H2,1-3H3,(H,18,21). The van der Waals surface area contributed by atoms with E-state index in [0.717, 1.165) is 38.5 Å². The quantitative estimate of drug-likeness (QED) is 0.830. The van der Waals surface area contributed by atoms with Crippen LogP contribution in [-0.4, -0.2) is 47.1 Å². The summed E-state index contributed by atoms with van der Waals surface area (Å²) in [5.74, 6) is 0.159. The number of aliphatic hydroxyl groups excluding tert-OH is 1. The van der Waals surface area contributed by atoms with E-state index in [1.807, 2.05) is 20.8 Å². The molecule has 5 nitrogen and oxygen atoms in total. The van der Waals surface area contributed by atoms with E-state index in [0.29, 0.717) is 6.54 Å². The maximum Gasteiger partial charge on any atom is 0.242 e. The van der Waals surface area contributed by atoms with Gasteiger partial charge in [0.25, 0.3) is 0 Å². The Bertz CT molecular complexity index is 411. The molecule has 2 atom stereocenters. The summed E-state index contributed by atoms with van der Waals surface area (Å²) in [5.41, 5.74) is -0.262. The van der Waals surface area contributed by atoms with Crippen molar-refractivity contribution in [3.05, 3.63) is 0 Å². The summed E-state index contributed by atoms with van der Waals surface area (Å²) in [6.07, 6.45) is 5.21. The van der Waals surface area contributed by atoms with Crippen LogP contribution in [0.5, 0.6) is 0 Å². The molecule has 1 aliphatic heterocycles. The Hall–Kier alpha value is -1.10. The lowest BCUT2D eigenvalue weighted by Crippen LogP contribution is -2.50. The molecule has 2 rings (SSSR count). The molecule has 1 saturated heterocycles. The van der Waals surface area contributed by atoms with Gasteiger partial charge in [0, 0.05) is 19.0 Å². The normalized spacial score (nSPS) is 24.5. The highest BCUT2D eigenvalue weighted by molar-refractivity contribution is 5.89. The number of carbonyl (C=O) groups excluding carboxylic acids is 2. The van der Waals surface area contributed by atoms with Crippen LogP contribution in [0.4, 0.5) is 0 Å². The molecule has 1 saturated carbocycles. The minimum absolute atomic E-state index is 0.118. The molecular formula is C17H30N2O3. The minimum atomic E-state index is -0.586. The predicted molar refractivity (Wildman–Crippen MR) is 85.2 cm³/mol. The highest BCUT2D eigenvalue weighted by atomic mass is 16.3. The van der Waals surface area contributed by atoms with Crippen LogP contribution in [0.25, 0.3) is 0 Å². The molecule has 2 aliphatic rings. The summed E-state index contributed by atoms with van der Waals surface area (Å²) >= 11 is 0. The number of likely N-dealkylation sites (tertiary alicyclic amines) is 1. The van der Waals surface area contributed by atoms with Crippen molar-refractivity contribution in [1.29, 1.82) is 0 Å². The molecule has 0 aromatic rings.